The van der Waals surface area contributed by atoms with Crippen molar-refractivity contribution in [3.05, 3.63) is 11.8 Å². The lowest BCUT2D eigenvalue weighted by atomic mass is 9.80. The summed E-state index contributed by atoms with van der Waals surface area (Å²) in [7, 11) is 0. The van der Waals surface area contributed by atoms with Gasteiger partial charge >= 0.3 is 5.97 Å². The second kappa shape index (κ2) is 4.11. The van der Waals surface area contributed by atoms with E-state index in [-0.39, 0.29) is 11.1 Å². The zero-order chi connectivity index (χ0) is 12.6. The summed E-state index contributed by atoms with van der Waals surface area (Å²) < 4.78 is 0. The summed E-state index contributed by atoms with van der Waals surface area (Å²) >= 11 is 0. The molecule has 0 saturated carbocycles. The predicted octanol–water partition coefficient (Wildman–Crippen LogP) is 3.02. The van der Waals surface area contributed by atoms with E-state index in [1.54, 1.807) is 6.92 Å². The summed E-state index contributed by atoms with van der Waals surface area (Å²) in [4.78, 5) is 13.1. The molecule has 0 amide bonds. The molecule has 92 valence electrons. The summed E-state index contributed by atoms with van der Waals surface area (Å²) in [5.74, 6) is -0.836. The highest BCUT2D eigenvalue weighted by molar-refractivity contribution is 5.85. The molecule has 0 aliphatic carbocycles. The van der Waals surface area contributed by atoms with Gasteiger partial charge in [-0.15, -0.1) is 0 Å². The summed E-state index contributed by atoms with van der Waals surface area (Å²) in [6.45, 7) is 10.4. The van der Waals surface area contributed by atoms with Gasteiger partial charge < -0.3 is 10.0 Å². The Morgan fingerprint density at radius 2 is 1.62 bits per heavy atom. The van der Waals surface area contributed by atoms with Crippen molar-refractivity contribution in [1.29, 1.82) is 0 Å². The number of rotatable bonds is 2. The Labute approximate surface area is 98.1 Å². The molecule has 0 radical (unpaired) electrons. The predicted molar refractivity (Wildman–Crippen MR) is 65.2 cm³/mol. The van der Waals surface area contributed by atoms with E-state index >= 15 is 0 Å². The van der Waals surface area contributed by atoms with Crippen LogP contribution in [-0.2, 0) is 4.79 Å². The largest absolute Gasteiger partial charge is 0.478 e. The molecule has 0 aromatic heterocycles. The van der Waals surface area contributed by atoms with Gasteiger partial charge in [-0.05, 0) is 53.9 Å². The van der Waals surface area contributed by atoms with Crippen molar-refractivity contribution in [2.75, 3.05) is 0 Å². The highest BCUT2D eigenvalue weighted by Crippen LogP contribution is 2.38. The third kappa shape index (κ3) is 2.57. The van der Waals surface area contributed by atoms with Crippen LogP contribution >= 0.6 is 0 Å². The first-order chi connectivity index (χ1) is 7.17. The maximum Gasteiger partial charge on any atom is 0.332 e. The summed E-state index contributed by atoms with van der Waals surface area (Å²) in [5.41, 5.74) is 0.486. The van der Waals surface area contributed by atoms with Gasteiger partial charge in [0, 0.05) is 22.9 Å². The van der Waals surface area contributed by atoms with Crippen LogP contribution in [0.25, 0.3) is 0 Å². The van der Waals surface area contributed by atoms with Crippen LogP contribution in [0.3, 0.4) is 0 Å². The number of carbonyl (C=O) groups is 1. The monoisotopic (exact) mass is 225 g/mol. The molecule has 0 atom stereocenters. The second-order valence-corrected chi connectivity index (χ2v) is 5.97. The van der Waals surface area contributed by atoms with Crippen LogP contribution in [0.1, 0.15) is 53.9 Å². The fraction of sp³-hybridized carbons (Fsp3) is 0.769. The minimum absolute atomic E-state index is 0.0401. The van der Waals surface area contributed by atoms with Crippen molar-refractivity contribution in [2.24, 2.45) is 0 Å². The minimum Gasteiger partial charge on any atom is -0.478 e. The molecule has 0 unspecified atom stereocenters. The van der Waals surface area contributed by atoms with E-state index in [2.05, 4.69) is 32.6 Å². The Kier molecular flexibility index (Phi) is 3.36. The number of piperidine rings is 1. The van der Waals surface area contributed by atoms with Crippen LogP contribution in [-0.4, -0.2) is 27.1 Å². The van der Waals surface area contributed by atoms with E-state index in [1.165, 1.54) is 6.42 Å². The van der Waals surface area contributed by atoms with Gasteiger partial charge in [0.2, 0.25) is 0 Å². The molecule has 1 rings (SSSR count). The highest BCUT2D eigenvalue weighted by atomic mass is 16.4. The standard InChI is InChI=1S/C13H23NO2/c1-10(11(15)16)9-14-12(2,3)7-6-8-13(14,4)5/h9H,6-8H2,1-5H3,(H,15,16)/b10-9+. The third-order valence-electron chi connectivity index (χ3n) is 3.54. The van der Waals surface area contributed by atoms with Crippen LogP contribution in [0.2, 0.25) is 0 Å². The number of nitrogens with zero attached hydrogens (tertiary/aromatic N) is 1. The number of aliphatic carboxylic acids is 1. The van der Waals surface area contributed by atoms with Crippen molar-refractivity contribution in [1.82, 2.24) is 4.90 Å². The lowest BCUT2D eigenvalue weighted by Crippen LogP contribution is -2.55. The number of hydrogen-bond donors (Lipinski definition) is 1. The van der Waals surface area contributed by atoms with Crippen LogP contribution in [0.4, 0.5) is 0 Å². The molecule has 3 heteroatoms. The first-order valence-electron chi connectivity index (χ1n) is 5.88. The molecule has 3 nitrogen and oxygen atoms in total. The lowest BCUT2D eigenvalue weighted by molar-refractivity contribution is -0.132. The highest BCUT2D eigenvalue weighted by Gasteiger charge is 2.39. The molecule has 0 bridgehead atoms. The first kappa shape index (κ1) is 13.1. The zero-order valence-electron chi connectivity index (χ0n) is 11.0. The Hall–Kier alpha value is -0.990. The van der Waals surface area contributed by atoms with Gasteiger partial charge in [0.05, 0.1) is 0 Å². The van der Waals surface area contributed by atoms with Gasteiger partial charge in [-0.1, -0.05) is 0 Å². The molecule has 1 heterocycles. The third-order valence-corrected chi connectivity index (χ3v) is 3.54. The molecule has 0 spiro atoms. The lowest BCUT2D eigenvalue weighted by Gasteiger charge is -2.53. The SMILES string of the molecule is C/C(=C\N1C(C)(C)CCCC1(C)C)C(=O)O. The molecule has 1 N–H and O–H groups in total. The Balaban J connectivity index is 3.05. The van der Waals surface area contributed by atoms with Crippen molar-refractivity contribution in [3.63, 3.8) is 0 Å². The number of likely N-dealkylation sites (tertiary alicyclic amines) is 1. The second-order valence-electron chi connectivity index (χ2n) is 5.97. The fourth-order valence-electron chi connectivity index (χ4n) is 2.61. The van der Waals surface area contributed by atoms with Crippen molar-refractivity contribution in [2.45, 2.75) is 65.0 Å². The van der Waals surface area contributed by atoms with E-state index in [4.69, 9.17) is 5.11 Å². The summed E-state index contributed by atoms with van der Waals surface area (Å²) in [6, 6.07) is 0. The van der Waals surface area contributed by atoms with Crippen molar-refractivity contribution < 1.29 is 9.90 Å². The topological polar surface area (TPSA) is 40.5 Å². The molecule has 1 saturated heterocycles. The van der Waals surface area contributed by atoms with Gasteiger partial charge in [0.1, 0.15) is 0 Å². The number of carboxylic acids is 1. The normalized spacial score (nSPS) is 24.3. The van der Waals surface area contributed by atoms with Crippen molar-refractivity contribution in [3.8, 4) is 0 Å². The minimum atomic E-state index is -0.836. The van der Waals surface area contributed by atoms with E-state index in [0.717, 1.165) is 12.8 Å². The Bertz CT molecular complexity index is 300. The van der Waals surface area contributed by atoms with E-state index in [0.29, 0.717) is 5.57 Å². The molecule has 0 aromatic rings. The molecule has 16 heavy (non-hydrogen) atoms. The van der Waals surface area contributed by atoms with Gasteiger partial charge in [-0.3, -0.25) is 0 Å². The van der Waals surface area contributed by atoms with Crippen LogP contribution < -0.4 is 0 Å². The van der Waals surface area contributed by atoms with Gasteiger partial charge in [0.15, 0.2) is 0 Å². The smallest absolute Gasteiger partial charge is 0.332 e. The van der Waals surface area contributed by atoms with E-state index < -0.39 is 5.97 Å². The average Bonchev–Trinajstić information content (AvgIpc) is 2.10. The molecule has 1 fully saturated rings. The fourth-order valence-corrected chi connectivity index (χ4v) is 2.61. The van der Waals surface area contributed by atoms with E-state index in [1.807, 2.05) is 6.20 Å². The molecule has 0 aromatic carbocycles. The van der Waals surface area contributed by atoms with Crippen LogP contribution in [0.15, 0.2) is 11.8 Å². The number of carboxylic acid groups (broad SMARTS) is 1. The Morgan fingerprint density at radius 1 is 1.19 bits per heavy atom. The van der Waals surface area contributed by atoms with Gasteiger partial charge in [0.25, 0.3) is 0 Å². The molecule has 1 aliphatic rings. The molecule has 1 aliphatic heterocycles. The van der Waals surface area contributed by atoms with Crippen molar-refractivity contribution >= 4 is 5.97 Å². The summed E-state index contributed by atoms with van der Waals surface area (Å²) in [5, 5.41) is 8.96. The molecular formula is C13H23NO2. The van der Waals surface area contributed by atoms with Gasteiger partial charge in [-0.25, -0.2) is 4.79 Å². The van der Waals surface area contributed by atoms with Crippen LogP contribution in [0, 0.1) is 0 Å². The summed E-state index contributed by atoms with van der Waals surface area (Å²) in [6.07, 6.45) is 5.23. The maximum absolute atomic E-state index is 10.9. The van der Waals surface area contributed by atoms with Gasteiger partial charge in [-0.2, -0.15) is 0 Å². The maximum atomic E-state index is 10.9. The van der Waals surface area contributed by atoms with E-state index in [9.17, 15) is 4.79 Å². The average molecular weight is 225 g/mol. The first-order valence-corrected chi connectivity index (χ1v) is 5.88. The Morgan fingerprint density at radius 3 is 2.00 bits per heavy atom. The zero-order valence-corrected chi connectivity index (χ0v) is 11.0. The number of hydrogen-bond acceptors (Lipinski definition) is 2. The van der Waals surface area contributed by atoms with Crippen LogP contribution in [0.5, 0.6) is 0 Å². The molecular weight excluding hydrogens is 202 g/mol. The quantitative estimate of drug-likeness (QED) is 0.734.